The normalized spacial score (nSPS) is 15.1. The number of hydrogen-bond donors (Lipinski definition) is 0. The van der Waals surface area contributed by atoms with Crippen LogP contribution in [0.25, 0.3) is 0 Å². The van der Waals surface area contributed by atoms with Crippen LogP contribution in [0.2, 0.25) is 0 Å². The lowest BCUT2D eigenvalue weighted by Crippen LogP contribution is -2.09. The molecule has 24 heavy (non-hydrogen) atoms. The highest BCUT2D eigenvalue weighted by molar-refractivity contribution is 6.18. The molecule has 0 amide bonds. The Bertz CT molecular complexity index is 852. The average molecular weight is 331 g/mol. The number of carbonyl (C=O) groups excluding carboxylic acids is 2. The van der Waals surface area contributed by atoms with Gasteiger partial charge in [-0.1, -0.05) is 5.16 Å². The lowest BCUT2D eigenvalue weighted by molar-refractivity contribution is -0.394. The molecule has 0 radical (unpaired) electrons. The smallest absolute Gasteiger partial charge is 0.312 e. The fourth-order valence-corrected chi connectivity index (χ4v) is 1.79. The minimum Gasteiger partial charge on any atom is -0.312 e. The summed E-state index contributed by atoms with van der Waals surface area (Å²) in [5.74, 6) is -1.37. The molecule has 122 valence electrons. The quantitative estimate of drug-likeness (QED) is 0.356. The largest absolute Gasteiger partial charge is 0.372 e. The summed E-state index contributed by atoms with van der Waals surface area (Å²) in [5, 5.41) is 25.1. The maximum atomic E-state index is 11.9. The average Bonchev–Trinajstić information content (AvgIpc) is 2.54. The Labute approximate surface area is 134 Å². The molecule has 0 bridgehead atoms. The van der Waals surface area contributed by atoms with Gasteiger partial charge < -0.3 is 4.84 Å². The molecular formula is C14H9N3O7. The number of oxime groups is 1. The maximum absolute atomic E-state index is 11.9. The molecule has 1 aliphatic carbocycles. The number of nitro benzene ring substituents is 2. The van der Waals surface area contributed by atoms with E-state index in [9.17, 15) is 29.8 Å². The molecule has 10 nitrogen and oxygen atoms in total. The first kappa shape index (κ1) is 16.7. The van der Waals surface area contributed by atoms with E-state index in [2.05, 4.69) is 9.99 Å². The van der Waals surface area contributed by atoms with Crippen molar-refractivity contribution in [3.63, 3.8) is 0 Å². The van der Waals surface area contributed by atoms with E-state index >= 15 is 0 Å². The molecule has 2 rings (SSSR count). The molecule has 1 aromatic carbocycles. The van der Waals surface area contributed by atoms with Gasteiger partial charge in [-0.2, -0.15) is 0 Å². The number of allylic oxidation sites excluding steroid dienone is 4. The van der Waals surface area contributed by atoms with Crippen LogP contribution >= 0.6 is 0 Å². The lowest BCUT2D eigenvalue weighted by Gasteiger charge is -2.04. The first-order valence-electron chi connectivity index (χ1n) is 6.42. The Morgan fingerprint density at radius 2 is 1.88 bits per heavy atom. The van der Waals surface area contributed by atoms with Crippen LogP contribution in [0, 0.1) is 20.2 Å². The van der Waals surface area contributed by atoms with E-state index in [0.29, 0.717) is 11.6 Å². The van der Waals surface area contributed by atoms with Crippen molar-refractivity contribution in [2.45, 2.75) is 6.92 Å². The van der Waals surface area contributed by atoms with Crippen molar-refractivity contribution in [2.24, 2.45) is 5.16 Å². The number of nitrogens with zero attached hydrogens (tertiary/aromatic N) is 3. The van der Waals surface area contributed by atoms with E-state index in [4.69, 9.17) is 0 Å². The molecule has 0 aromatic heterocycles. The summed E-state index contributed by atoms with van der Waals surface area (Å²) in [7, 11) is 0. The van der Waals surface area contributed by atoms with Gasteiger partial charge in [0.25, 0.3) is 11.4 Å². The van der Waals surface area contributed by atoms with Gasteiger partial charge in [-0.3, -0.25) is 25.0 Å². The van der Waals surface area contributed by atoms with Gasteiger partial charge >= 0.3 is 5.97 Å². The number of nitro groups is 2. The third-order valence-electron chi connectivity index (χ3n) is 3.00. The minimum absolute atomic E-state index is 0.171. The molecule has 0 atom stereocenters. The molecule has 0 N–H and O–H groups in total. The van der Waals surface area contributed by atoms with E-state index < -0.39 is 32.8 Å². The van der Waals surface area contributed by atoms with Crippen LogP contribution in [-0.2, 0) is 9.63 Å². The van der Waals surface area contributed by atoms with Gasteiger partial charge in [-0.15, -0.1) is 0 Å². The van der Waals surface area contributed by atoms with Crippen LogP contribution in [-0.4, -0.2) is 27.3 Å². The van der Waals surface area contributed by atoms with Crippen LogP contribution in [0.4, 0.5) is 11.4 Å². The zero-order chi connectivity index (χ0) is 17.9. The second-order valence-corrected chi connectivity index (χ2v) is 4.64. The number of rotatable bonds is 4. The predicted octanol–water partition coefficient (Wildman–Crippen LogP) is 2.10. The number of ketones is 1. The second-order valence-electron chi connectivity index (χ2n) is 4.64. The summed E-state index contributed by atoms with van der Waals surface area (Å²) >= 11 is 0. The summed E-state index contributed by atoms with van der Waals surface area (Å²) in [4.78, 5) is 47.7. The van der Waals surface area contributed by atoms with Gasteiger partial charge in [0, 0.05) is 6.07 Å². The fourth-order valence-electron chi connectivity index (χ4n) is 1.79. The molecule has 0 fully saturated rings. The van der Waals surface area contributed by atoms with Crippen molar-refractivity contribution >= 4 is 28.8 Å². The zero-order valence-electron chi connectivity index (χ0n) is 12.2. The minimum atomic E-state index is -1.15. The van der Waals surface area contributed by atoms with Crippen LogP contribution in [0.3, 0.4) is 0 Å². The van der Waals surface area contributed by atoms with Crippen molar-refractivity contribution in [3.05, 3.63) is 67.8 Å². The van der Waals surface area contributed by atoms with Crippen molar-refractivity contribution in [2.75, 3.05) is 0 Å². The van der Waals surface area contributed by atoms with Crippen LogP contribution in [0.15, 0.2) is 47.2 Å². The predicted molar refractivity (Wildman–Crippen MR) is 80.5 cm³/mol. The van der Waals surface area contributed by atoms with Crippen LogP contribution in [0.1, 0.15) is 17.3 Å². The third-order valence-corrected chi connectivity index (χ3v) is 3.00. The van der Waals surface area contributed by atoms with E-state index in [1.54, 1.807) is 6.92 Å². The fraction of sp³-hybridized carbons (Fsp3) is 0.0714. The summed E-state index contributed by atoms with van der Waals surface area (Å²) in [5.41, 5.74) is -1.22. The highest BCUT2D eigenvalue weighted by atomic mass is 16.7. The Morgan fingerprint density at radius 1 is 1.17 bits per heavy atom. The lowest BCUT2D eigenvalue weighted by atomic mass is 10.1. The number of hydrogen-bond acceptors (Lipinski definition) is 8. The molecule has 1 aromatic rings. The zero-order valence-corrected chi connectivity index (χ0v) is 12.2. The Kier molecular flexibility index (Phi) is 4.59. The number of carbonyl (C=O) groups is 2. The number of benzene rings is 1. The Morgan fingerprint density at radius 3 is 2.46 bits per heavy atom. The molecule has 1 aliphatic rings. The van der Waals surface area contributed by atoms with Crippen LogP contribution in [0.5, 0.6) is 0 Å². The van der Waals surface area contributed by atoms with E-state index in [-0.39, 0.29) is 11.5 Å². The standard InChI is InChI=1S/C14H9N3O7/c1-8-6-9(2-5-13(8)18)15-24-14(19)11-4-3-10(16(20)21)7-12(11)17(22)23/h2-7H,1H3/b15-9-. The third kappa shape index (κ3) is 3.55. The molecule has 0 aliphatic heterocycles. The van der Waals surface area contributed by atoms with Gasteiger partial charge in [0.05, 0.1) is 15.9 Å². The number of non-ortho nitro benzene ring substituents is 1. The summed E-state index contributed by atoms with van der Waals surface area (Å²) in [6.45, 7) is 1.55. The monoisotopic (exact) mass is 331 g/mol. The Hall–Kier alpha value is -3.69. The molecule has 0 unspecified atom stereocenters. The highest BCUT2D eigenvalue weighted by Crippen LogP contribution is 2.25. The maximum Gasteiger partial charge on any atom is 0.372 e. The van der Waals surface area contributed by atoms with Gasteiger partial charge in [0.1, 0.15) is 11.3 Å². The van der Waals surface area contributed by atoms with Crippen molar-refractivity contribution in [3.8, 4) is 0 Å². The summed E-state index contributed by atoms with van der Waals surface area (Å²) in [6, 6.07) is 2.52. The van der Waals surface area contributed by atoms with Gasteiger partial charge in [0.15, 0.2) is 5.78 Å². The van der Waals surface area contributed by atoms with E-state index in [1.165, 1.54) is 18.2 Å². The molecule has 0 saturated heterocycles. The van der Waals surface area contributed by atoms with Gasteiger partial charge in [-0.05, 0) is 36.8 Å². The summed E-state index contributed by atoms with van der Waals surface area (Å²) in [6.07, 6.45) is 3.92. The second kappa shape index (κ2) is 6.60. The van der Waals surface area contributed by atoms with Gasteiger partial charge in [-0.25, -0.2) is 4.79 Å². The van der Waals surface area contributed by atoms with E-state index in [1.807, 2.05) is 0 Å². The molecule has 10 heteroatoms. The first-order valence-corrected chi connectivity index (χ1v) is 6.42. The topological polar surface area (TPSA) is 142 Å². The summed E-state index contributed by atoms with van der Waals surface area (Å²) < 4.78 is 0. The van der Waals surface area contributed by atoms with Gasteiger partial charge in [0.2, 0.25) is 0 Å². The van der Waals surface area contributed by atoms with Crippen molar-refractivity contribution < 1.29 is 24.3 Å². The Balaban J connectivity index is 2.27. The van der Waals surface area contributed by atoms with E-state index in [0.717, 1.165) is 12.1 Å². The molecule has 0 spiro atoms. The van der Waals surface area contributed by atoms with Crippen molar-refractivity contribution in [1.82, 2.24) is 0 Å². The molecule has 0 heterocycles. The highest BCUT2D eigenvalue weighted by Gasteiger charge is 2.25. The van der Waals surface area contributed by atoms with Crippen molar-refractivity contribution in [1.29, 1.82) is 0 Å². The van der Waals surface area contributed by atoms with Crippen LogP contribution < -0.4 is 0 Å². The SMILES string of the molecule is CC1=C/C(=N\OC(=O)c2ccc([N+](=O)[O-])cc2[N+](=O)[O-])C=CC1=O. The molecular weight excluding hydrogens is 322 g/mol. The molecule has 0 saturated carbocycles. The first-order chi connectivity index (χ1) is 11.3.